The molecule has 1 aromatic heterocycles. The number of carbonyl (C=O) groups excluding carboxylic acids is 1. The summed E-state index contributed by atoms with van der Waals surface area (Å²) >= 11 is 0. The first kappa shape index (κ1) is 12.7. The summed E-state index contributed by atoms with van der Waals surface area (Å²) in [5.41, 5.74) is 5.41. The van der Waals surface area contributed by atoms with E-state index in [1.807, 2.05) is 0 Å². The Morgan fingerprint density at radius 1 is 1.62 bits per heavy atom. The molecular formula is C10H18N4O2. The van der Waals surface area contributed by atoms with Crippen molar-refractivity contribution in [1.82, 2.24) is 15.1 Å². The summed E-state index contributed by atoms with van der Waals surface area (Å²) in [5.74, 6) is -0.489. The molecule has 6 nitrogen and oxygen atoms in total. The Bertz CT molecular complexity index is 324. The maximum atomic E-state index is 10.8. The van der Waals surface area contributed by atoms with E-state index in [2.05, 4.69) is 10.4 Å². The van der Waals surface area contributed by atoms with Gasteiger partial charge in [-0.05, 0) is 19.0 Å². The number of primary amides is 1. The first-order valence-electron chi connectivity index (χ1n) is 5.27. The van der Waals surface area contributed by atoms with E-state index >= 15 is 0 Å². The van der Waals surface area contributed by atoms with Crippen LogP contribution in [-0.2, 0) is 11.3 Å². The maximum Gasteiger partial charge on any atom is 0.269 e. The Balaban J connectivity index is 2.14. The molecule has 0 radical (unpaired) electrons. The summed E-state index contributed by atoms with van der Waals surface area (Å²) < 4.78 is 6.63. The van der Waals surface area contributed by atoms with Crippen LogP contribution in [0.3, 0.4) is 0 Å². The van der Waals surface area contributed by atoms with Crippen molar-refractivity contribution < 1.29 is 9.53 Å². The average Bonchev–Trinajstić information content (AvgIpc) is 2.72. The van der Waals surface area contributed by atoms with Crippen LogP contribution in [0.4, 0.5) is 0 Å². The van der Waals surface area contributed by atoms with Gasteiger partial charge in [0.2, 0.25) is 0 Å². The van der Waals surface area contributed by atoms with E-state index < -0.39 is 5.91 Å². The smallest absolute Gasteiger partial charge is 0.269 e. The molecule has 1 heterocycles. The van der Waals surface area contributed by atoms with Gasteiger partial charge in [0.15, 0.2) is 0 Å². The number of nitrogens with one attached hydrogen (secondary N) is 1. The van der Waals surface area contributed by atoms with E-state index in [1.54, 1.807) is 24.1 Å². The van der Waals surface area contributed by atoms with E-state index in [0.717, 1.165) is 26.1 Å². The molecule has 1 aromatic rings. The van der Waals surface area contributed by atoms with E-state index in [9.17, 15) is 4.79 Å². The lowest BCUT2D eigenvalue weighted by molar-refractivity contribution is 0.0994. The molecule has 1 rings (SSSR count). The third-order valence-electron chi connectivity index (χ3n) is 2.12. The molecule has 0 fully saturated rings. The van der Waals surface area contributed by atoms with Gasteiger partial charge in [0, 0.05) is 26.4 Å². The van der Waals surface area contributed by atoms with Gasteiger partial charge in [-0.25, -0.2) is 0 Å². The third kappa shape index (κ3) is 4.41. The molecule has 6 heteroatoms. The number of nitrogens with two attached hydrogens (primary N) is 1. The predicted octanol–water partition coefficient (Wildman–Crippen LogP) is -0.392. The molecule has 16 heavy (non-hydrogen) atoms. The molecule has 0 unspecified atom stereocenters. The summed E-state index contributed by atoms with van der Waals surface area (Å²) in [6, 6.07) is 1.63. The van der Waals surface area contributed by atoms with Crippen LogP contribution in [0.2, 0.25) is 0 Å². The molecule has 0 bridgehead atoms. The molecule has 0 saturated carbocycles. The lowest BCUT2D eigenvalue weighted by Crippen LogP contribution is -2.21. The number of hydrogen-bond donors (Lipinski definition) is 2. The lowest BCUT2D eigenvalue weighted by Gasteiger charge is -2.03. The maximum absolute atomic E-state index is 10.8. The second kappa shape index (κ2) is 6.97. The Morgan fingerprint density at radius 2 is 2.44 bits per heavy atom. The largest absolute Gasteiger partial charge is 0.383 e. The summed E-state index contributed by atoms with van der Waals surface area (Å²) in [5, 5.41) is 7.26. The Morgan fingerprint density at radius 3 is 3.06 bits per heavy atom. The minimum Gasteiger partial charge on any atom is -0.383 e. The summed E-state index contributed by atoms with van der Waals surface area (Å²) in [6.07, 6.45) is 2.71. The van der Waals surface area contributed by atoms with Gasteiger partial charge in [-0.15, -0.1) is 0 Å². The Hall–Kier alpha value is -1.40. The number of aromatic nitrogens is 2. The van der Waals surface area contributed by atoms with Crippen LogP contribution in [0.5, 0.6) is 0 Å². The van der Waals surface area contributed by atoms with Crippen molar-refractivity contribution in [3.05, 3.63) is 18.0 Å². The molecule has 0 aliphatic rings. The molecule has 0 atom stereocenters. The van der Waals surface area contributed by atoms with E-state index in [0.29, 0.717) is 12.3 Å². The van der Waals surface area contributed by atoms with Crippen LogP contribution in [0.15, 0.2) is 12.3 Å². The van der Waals surface area contributed by atoms with E-state index in [4.69, 9.17) is 10.5 Å². The van der Waals surface area contributed by atoms with Crippen molar-refractivity contribution in [1.29, 1.82) is 0 Å². The molecule has 0 spiro atoms. The summed E-state index contributed by atoms with van der Waals surface area (Å²) in [6.45, 7) is 3.23. The topological polar surface area (TPSA) is 82.2 Å². The van der Waals surface area contributed by atoms with Gasteiger partial charge >= 0.3 is 0 Å². The van der Waals surface area contributed by atoms with Crippen molar-refractivity contribution >= 4 is 5.91 Å². The van der Waals surface area contributed by atoms with Crippen molar-refractivity contribution in [3.63, 3.8) is 0 Å². The van der Waals surface area contributed by atoms with Crippen molar-refractivity contribution in [2.75, 3.05) is 26.8 Å². The number of amides is 1. The van der Waals surface area contributed by atoms with Crippen LogP contribution in [0.25, 0.3) is 0 Å². The highest BCUT2D eigenvalue weighted by Crippen LogP contribution is 1.95. The third-order valence-corrected chi connectivity index (χ3v) is 2.12. The molecule has 0 aromatic carbocycles. The molecule has 0 aliphatic heterocycles. The van der Waals surface area contributed by atoms with Crippen LogP contribution in [-0.4, -0.2) is 42.5 Å². The van der Waals surface area contributed by atoms with Crippen LogP contribution < -0.4 is 11.1 Å². The molecular weight excluding hydrogens is 208 g/mol. The molecule has 0 aliphatic carbocycles. The fourth-order valence-corrected chi connectivity index (χ4v) is 1.28. The van der Waals surface area contributed by atoms with Gasteiger partial charge in [-0.3, -0.25) is 9.48 Å². The highest BCUT2D eigenvalue weighted by Gasteiger charge is 2.03. The summed E-state index contributed by atoms with van der Waals surface area (Å²) in [7, 11) is 1.68. The second-order valence-electron chi connectivity index (χ2n) is 3.42. The molecule has 1 amide bonds. The average molecular weight is 226 g/mol. The van der Waals surface area contributed by atoms with Crippen molar-refractivity contribution in [2.45, 2.75) is 13.0 Å². The van der Waals surface area contributed by atoms with Gasteiger partial charge in [-0.1, -0.05) is 0 Å². The number of nitrogens with zero attached hydrogens (tertiary/aromatic N) is 2. The fourth-order valence-electron chi connectivity index (χ4n) is 1.28. The first-order valence-corrected chi connectivity index (χ1v) is 5.27. The van der Waals surface area contributed by atoms with Crippen LogP contribution in [0, 0.1) is 0 Å². The second-order valence-corrected chi connectivity index (χ2v) is 3.42. The number of aryl methyl sites for hydroxylation is 1. The number of rotatable bonds is 8. The number of carbonyl (C=O) groups is 1. The zero-order valence-electron chi connectivity index (χ0n) is 9.48. The Labute approximate surface area is 94.8 Å². The lowest BCUT2D eigenvalue weighted by atomic mass is 10.4. The number of hydrogen-bond acceptors (Lipinski definition) is 4. The van der Waals surface area contributed by atoms with Gasteiger partial charge in [0.1, 0.15) is 5.69 Å². The highest BCUT2D eigenvalue weighted by atomic mass is 16.5. The van der Waals surface area contributed by atoms with Gasteiger partial charge < -0.3 is 15.8 Å². The van der Waals surface area contributed by atoms with E-state index in [-0.39, 0.29) is 0 Å². The predicted molar refractivity (Wildman–Crippen MR) is 60.1 cm³/mol. The van der Waals surface area contributed by atoms with Gasteiger partial charge in [0.25, 0.3) is 5.91 Å². The SMILES string of the molecule is COCCNCCCn1ccc(C(N)=O)n1. The minimum absolute atomic E-state index is 0.312. The highest BCUT2D eigenvalue weighted by molar-refractivity contribution is 5.90. The quantitative estimate of drug-likeness (QED) is 0.591. The number of ether oxygens (including phenoxy) is 1. The van der Waals surface area contributed by atoms with Crippen LogP contribution in [0.1, 0.15) is 16.9 Å². The monoisotopic (exact) mass is 226 g/mol. The van der Waals surface area contributed by atoms with Crippen molar-refractivity contribution in [2.24, 2.45) is 5.73 Å². The fraction of sp³-hybridized carbons (Fsp3) is 0.600. The molecule has 3 N–H and O–H groups in total. The van der Waals surface area contributed by atoms with E-state index in [1.165, 1.54) is 0 Å². The normalized spacial score (nSPS) is 10.6. The number of methoxy groups -OCH3 is 1. The van der Waals surface area contributed by atoms with Gasteiger partial charge in [-0.2, -0.15) is 5.10 Å². The standard InChI is InChI=1S/C10H18N4O2/c1-16-8-5-12-4-2-6-14-7-3-9(13-14)10(11)15/h3,7,12H,2,4-6,8H2,1H3,(H2,11,15). The zero-order chi connectivity index (χ0) is 11.8. The van der Waals surface area contributed by atoms with Gasteiger partial charge in [0.05, 0.1) is 6.61 Å². The zero-order valence-corrected chi connectivity index (χ0v) is 9.48. The Kier molecular flexibility index (Phi) is 5.52. The molecule has 0 saturated heterocycles. The summed E-state index contributed by atoms with van der Waals surface area (Å²) in [4.78, 5) is 10.8. The molecule has 90 valence electrons. The first-order chi connectivity index (χ1) is 7.74. The van der Waals surface area contributed by atoms with Crippen LogP contribution >= 0.6 is 0 Å². The van der Waals surface area contributed by atoms with Crippen molar-refractivity contribution in [3.8, 4) is 0 Å². The minimum atomic E-state index is -0.489.